The van der Waals surface area contributed by atoms with Gasteiger partial charge < -0.3 is 14.4 Å². The van der Waals surface area contributed by atoms with Gasteiger partial charge in [0.15, 0.2) is 0 Å². The first-order chi connectivity index (χ1) is 11.8. The fourth-order valence-electron chi connectivity index (χ4n) is 2.38. The third-order valence-corrected chi connectivity index (χ3v) is 3.76. The molecule has 1 aromatic heterocycles. The Morgan fingerprint density at radius 3 is 2.44 bits per heavy atom. The van der Waals surface area contributed by atoms with Crippen LogP contribution in [-0.4, -0.2) is 34.1 Å². The monoisotopic (exact) mass is 349 g/mol. The van der Waals surface area contributed by atoms with Gasteiger partial charge in [-0.3, -0.25) is 5.32 Å². The summed E-state index contributed by atoms with van der Waals surface area (Å²) < 4.78 is 18.4. The first kappa shape index (κ1) is 18.9. The van der Waals surface area contributed by atoms with E-state index in [1.54, 1.807) is 13.8 Å². The van der Waals surface area contributed by atoms with Gasteiger partial charge in [0.25, 0.3) is 0 Å². The van der Waals surface area contributed by atoms with Crippen molar-refractivity contribution in [2.45, 2.75) is 33.8 Å². The summed E-state index contributed by atoms with van der Waals surface area (Å²) in [5.74, 6) is 0.471. The maximum absolute atomic E-state index is 13.0. The summed E-state index contributed by atoms with van der Waals surface area (Å²) >= 11 is 0. The quantitative estimate of drug-likeness (QED) is 0.834. The van der Waals surface area contributed by atoms with E-state index in [0.717, 1.165) is 0 Å². The van der Waals surface area contributed by atoms with Crippen LogP contribution in [0, 0.1) is 25.6 Å². The molecule has 0 fully saturated rings. The number of hydrogen-bond acceptors (Lipinski definition) is 4. The van der Waals surface area contributed by atoms with Gasteiger partial charge in [-0.15, -0.1) is 0 Å². The van der Waals surface area contributed by atoms with E-state index < -0.39 is 12.1 Å². The van der Waals surface area contributed by atoms with Crippen LogP contribution in [0.1, 0.15) is 37.0 Å². The normalized spacial score (nSPS) is 12.3. The first-order valence-corrected chi connectivity index (χ1v) is 8.19. The Kier molecular flexibility index (Phi) is 6.14. The smallest absolute Gasteiger partial charge is 0.325 e. The number of amides is 2. The van der Waals surface area contributed by atoms with E-state index in [0.29, 0.717) is 23.6 Å². The van der Waals surface area contributed by atoms with Crippen molar-refractivity contribution < 1.29 is 18.7 Å². The van der Waals surface area contributed by atoms with Gasteiger partial charge in [0, 0.05) is 6.54 Å². The molecule has 1 unspecified atom stereocenters. The number of carbonyl (C=O) groups excluding carboxylic acids is 1. The lowest BCUT2D eigenvalue weighted by atomic mass is 10.1. The number of aliphatic hydroxyl groups excluding tert-OH is 1. The van der Waals surface area contributed by atoms with Crippen LogP contribution in [0.25, 0.3) is 0 Å². The van der Waals surface area contributed by atoms with Gasteiger partial charge in [-0.05, 0) is 37.5 Å². The standard InChI is InChI=1S/C18H24FN3O3/c1-11(2)9-22(10-16(23)14-5-7-15(19)8-6-14)18(24)21-17-20-12(3)13(4)25-17/h5-8,11,16,23H,9-10H2,1-4H3,(H,20,21,24). The number of aryl methyl sites for hydroxylation is 2. The third-order valence-electron chi connectivity index (χ3n) is 3.76. The van der Waals surface area contributed by atoms with E-state index in [9.17, 15) is 14.3 Å². The fourth-order valence-corrected chi connectivity index (χ4v) is 2.38. The maximum atomic E-state index is 13.0. The van der Waals surface area contributed by atoms with E-state index in [1.807, 2.05) is 13.8 Å². The zero-order valence-corrected chi connectivity index (χ0v) is 14.9. The minimum absolute atomic E-state index is 0.0777. The van der Waals surface area contributed by atoms with Gasteiger partial charge in [0.05, 0.1) is 18.3 Å². The fraction of sp³-hybridized carbons (Fsp3) is 0.444. The van der Waals surface area contributed by atoms with Crippen molar-refractivity contribution in [3.8, 4) is 0 Å². The summed E-state index contributed by atoms with van der Waals surface area (Å²) in [6, 6.07) is 5.30. The number of urea groups is 1. The molecule has 0 aliphatic rings. The van der Waals surface area contributed by atoms with E-state index in [2.05, 4.69) is 10.3 Å². The molecular weight excluding hydrogens is 325 g/mol. The van der Waals surface area contributed by atoms with Crippen molar-refractivity contribution in [2.75, 3.05) is 18.4 Å². The molecule has 2 rings (SSSR count). The number of benzene rings is 1. The molecule has 1 heterocycles. The average Bonchev–Trinajstić information content (AvgIpc) is 2.84. The summed E-state index contributed by atoms with van der Waals surface area (Å²) in [5, 5.41) is 13.0. The second-order valence-electron chi connectivity index (χ2n) is 6.46. The van der Waals surface area contributed by atoms with Crippen molar-refractivity contribution in [3.05, 3.63) is 47.1 Å². The largest absolute Gasteiger partial charge is 0.428 e. The predicted octanol–water partition coefficient (Wildman–Crippen LogP) is 3.65. The molecule has 25 heavy (non-hydrogen) atoms. The van der Waals surface area contributed by atoms with Crippen LogP contribution >= 0.6 is 0 Å². The number of nitrogens with zero attached hydrogens (tertiary/aromatic N) is 2. The minimum Gasteiger partial charge on any atom is -0.428 e. The molecule has 2 aromatic rings. The molecule has 6 nitrogen and oxygen atoms in total. The second-order valence-corrected chi connectivity index (χ2v) is 6.46. The number of hydrogen-bond donors (Lipinski definition) is 2. The highest BCUT2D eigenvalue weighted by atomic mass is 19.1. The molecule has 1 aromatic carbocycles. The van der Waals surface area contributed by atoms with Crippen molar-refractivity contribution >= 4 is 12.0 Å². The lowest BCUT2D eigenvalue weighted by molar-refractivity contribution is 0.120. The molecule has 0 aliphatic heterocycles. The van der Waals surface area contributed by atoms with Gasteiger partial charge in [-0.2, -0.15) is 4.98 Å². The Morgan fingerprint density at radius 2 is 1.92 bits per heavy atom. The van der Waals surface area contributed by atoms with Gasteiger partial charge in [0.1, 0.15) is 11.6 Å². The van der Waals surface area contributed by atoms with Crippen LogP contribution in [-0.2, 0) is 0 Å². The van der Waals surface area contributed by atoms with Crippen LogP contribution < -0.4 is 5.32 Å². The maximum Gasteiger partial charge on any atom is 0.325 e. The lowest BCUT2D eigenvalue weighted by Crippen LogP contribution is -2.40. The predicted molar refractivity (Wildman–Crippen MR) is 92.8 cm³/mol. The highest BCUT2D eigenvalue weighted by Gasteiger charge is 2.21. The Labute approximate surface area is 146 Å². The van der Waals surface area contributed by atoms with Crippen molar-refractivity contribution in [1.29, 1.82) is 0 Å². The number of carbonyl (C=O) groups is 1. The summed E-state index contributed by atoms with van der Waals surface area (Å²) in [4.78, 5) is 18.2. The second kappa shape index (κ2) is 8.11. The number of nitrogens with one attached hydrogen (secondary N) is 1. The first-order valence-electron chi connectivity index (χ1n) is 8.19. The van der Waals surface area contributed by atoms with Crippen LogP contribution in [0.2, 0.25) is 0 Å². The van der Waals surface area contributed by atoms with Gasteiger partial charge in [-0.1, -0.05) is 26.0 Å². The minimum atomic E-state index is -0.918. The summed E-state index contributed by atoms with van der Waals surface area (Å²) in [5.41, 5.74) is 1.25. The zero-order valence-electron chi connectivity index (χ0n) is 14.9. The van der Waals surface area contributed by atoms with E-state index in [-0.39, 0.29) is 24.3 Å². The molecule has 0 saturated heterocycles. The zero-order chi connectivity index (χ0) is 18.6. The molecule has 0 spiro atoms. The molecular formula is C18H24FN3O3. The summed E-state index contributed by atoms with van der Waals surface area (Å²) in [6.45, 7) is 8.03. The van der Waals surface area contributed by atoms with Crippen molar-refractivity contribution in [3.63, 3.8) is 0 Å². The number of oxazole rings is 1. The highest BCUT2D eigenvalue weighted by Crippen LogP contribution is 2.18. The molecule has 1 atom stereocenters. The number of aromatic nitrogens is 1. The van der Waals surface area contributed by atoms with Crippen LogP contribution in [0.15, 0.2) is 28.7 Å². The summed E-state index contributed by atoms with van der Waals surface area (Å²) in [7, 11) is 0. The molecule has 0 radical (unpaired) electrons. The number of aliphatic hydroxyl groups is 1. The molecule has 2 N–H and O–H groups in total. The number of rotatable bonds is 6. The Bertz CT molecular complexity index is 693. The van der Waals surface area contributed by atoms with Crippen molar-refractivity contribution in [1.82, 2.24) is 9.88 Å². The van der Waals surface area contributed by atoms with Crippen LogP contribution in [0.4, 0.5) is 15.2 Å². The van der Waals surface area contributed by atoms with E-state index >= 15 is 0 Å². The van der Waals surface area contributed by atoms with Crippen LogP contribution in [0.5, 0.6) is 0 Å². The van der Waals surface area contributed by atoms with Crippen LogP contribution in [0.3, 0.4) is 0 Å². The topological polar surface area (TPSA) is 78.6 Å². The SMILES string of the molecule is Cc1nc(NC(=O)N(CC(C)C)CC(O)c2ccc(F)cc2)oc1C. The van der Waals surface area contributed by atoms with Gasteiger partial charge in [-0.25, -0.2) is 9.18 Å². The van der Waals surface area contributed by atoms with Gasteiger partial charge >= 0.3 is 12.0 Å². The Hall–Kier alpha value is -2.41. The Balaban J connectivity index is 2.08. The highest BCUT2D eigenvalue weighted by molar-refractivity contribution is 5.87. The molecule has 2 amide bonds. The average molecular weight is 349 g/mol. The van der Waals surface area contributed by atoms with E-state index in [4.69, 9.17) is 4.42 Å². The van der Waals surface area contributed by atoms with E-state index in [1.165, 1.54) is 29.2 Å². The lowest BCUT2D eigenvalue weighted by Gasteiger charge is -2.26. The molecule has 0 bridgehead atoms. The molecule has 136 valence electrons. The summed E-state index contributed by atoms with van der Waals surface area (Å²) in [6.07, 6.45) is -0.918. The molecule has 0 saturated carbocycles. The number of halogens is 1. The number of anilines is 1. The molecule has 7 heteroatoms. The molecule has 0 aliphatic carbocycles. The third kappa shape index (κ3) is 5.29. The van der Waals surface area contributed by atoms with Gasteiger partial charge in [0.2, 0.25) is 0 Å². The van der Waals surface area contributed by atoms with Crippen molar-refractivity contribution in [2.24, 2.45) is 5.92 Å². The Morgan fingerprint density at radius 1 is 1.28 bits per heavy atom.